The van der Waals surface area contributed by atoms with Gasteiger partial charge < -0.3 is 9.47 Å². The van der Waals surface area contributed by atoms with E-state index in [9.17, 15) is 0 Å². The summed E-state index contributed by atoms with van der Waals surface area (Å²) in [4.78, 5) is 0. The van der Waals surface area contributed by atoms with Gasteiger partial charge in [-0.15, -0.1) is 0 Å². The third kappa shape index (κ3) is 1.94. The van der Waals surface area contributed by atoms with E-state index in [0.717, 1.165) is 23.7 Å². The molecule has 2 saturated carbocycles. The van der Waals surface area contributed by atoms with Gasteiger partial charge in [0.2, 0.25) is 0 Å². The molecule has 0 amide bonds. The molecule has 0 aromatic carbocycles. The van der Waals surface area contributed by atoms with E-state index in [4.69, 9.17) is 9.47 Å². The first kappa shape index (κ1) is 10.8. The normalized spacial score (nSPS) is 60.4. The van der Waals surface area contributed by atoms with E-state index < -0.39 is 0 Å². The number of hydrogen-bond donors (Lipinski definition) is 0. The van der Waals surface area contributed by atoms with Crippen molar-refractivity contribution in [3.05, 3.63) is 0 Å². The van der Waals surface area contributed by atoms with Gasteiger partial charge in [-0.05, 0) is 55.8 Å². The highest BCUT2D eigenvalue weighted by molar-refractivity contribution is 4.99. The Balaban J connectivity index is 1.36. The summed E-state index contributed by atoms with van der Waals surface area (Å²) in [6, 6.07) is 0. The second kappa shape index (κ2) is 3.71. The summed E-state index contributed by atoms with van der Waals surface area (Å²) in [6.45, 7) is 4.81. The summed E-state index contributed by atoms with van der Waals surface area (Å²) in [6.07, 6.45) is 9.38. The van der Waals surface area contributed by atoms with Gasteiger partial charge in [-0.2, -0.15) is 0 Å². The molecule has 2 nitrogen and oxygen atoms in total. The lowest BCUT2D eigenvalue weighted by Crippen LogP contribution is -2.28. The Bertz CT molecular complexity index is 316. The van der Waals surface area contributed by atoms with E-state index in [2.05, 4.69) is 13.8 Å². The molecule has 0 bridgehead atoms. The van der Waals surface area contributed by atoms with Crippen molar-refractivity contribution >= 4 is 0 Å². The van der Waals surface area contributed by atoms with Crippen LogP contribution in [-0.4, -0.2) is 24.4 Å². The molecule has 2 heterocycles. The fourth-order valence-electron chi connectivity index (χ4n) is 4.56. The van der Waals surface area contributed by atoms with Crippen molar-refractivity contribution < 1.29 is 9.47 Å². The first-order valence-corrected chi connectivity index (χ1v) is 7.51. The van der Waals surface area contributed by atoms with Crippen LogP contribution in [0.4, 0.5) is 0 Å². The van der Waals surface area contributed by atoms with Crippen molar-refractivity contribution in [2.45, 2.75) is 70.4 Å². The molecule has 2 aliphatic carbocycles. The maximum Gasteiger partial charge on any atom is 0.0867 e. The number of rotatable bonds is 2. The molecule has 2 aliphatic heterocycles. The van der Waals surface area contributed by atoms with Crippen LogP contribution in [0.25, 0.3) is 0 Å². The molecule has 2 heteroatoms. The summed E-state index contributed by atoms with van der Waals surface area (Å²) >= 11 is 0. The van der Waals surface area contributed by atoms with Gasteiger partial charge in [-0.3, -0.25) is 0 Å². The zero-order valence-electron chi connectivity index (χ0n) is 11.0. The van der Waals surface area contributed by atoms with Gasteiger partial charge in [-0.1, -0.05) is 13.8 Å². The number of hydrogen-bond acceptors (Lipinski definition) is 2. The highest BCUT2D eigenvalue weighted by Gasteiger charge is 2.51. The van der Waals surface area contributed by atoms with Gasteiger partial charge in [0, 0.05) is 0 Å². The summed E-state index contributed by atoms with van der Waals surface area (Å²) in [5.41, 5.74) is 0. The Morgan fingerprint density at radius 3 is 2.47 bits per heavy atom. The van der Waals surface area contributed by atoms with Gasteiger partial charge >= 0.3 is 0 Å². The summed E-state index contributed by atoms with van der Waals surface area (Å²) in [7, 11) is 0. The fraction of sp³-hybridized carbons (Fsp3) is 1.00. The molecular weight excluding hydrogens is 212 g/mol. The molecular formula is C15H24O2. The van der Waals surface area contributed by atoms with Crippen LogP contribution in [0.1, 0.15) is 46.0 Å². The van der Waals surface area contributed by atoms with Gasteiger partial charge in [-0.25, -0.2) is 0 Å². The molecule has 2 saturated heterocycles. The molecule has 0 radical (unpaired) electrons. The van der Waals surface area contributed by atoms with Crippen LogP contribution in [0.3, 0.4) is 0 Å². The van der Waals surface area contributed by atoms with E-state index >= 15 is 0 Å². The van der Waals surface area contributed by atoms with Crippen LogP contribution in [0.5, 0.6) is 0 Å². The average molecular weight is 236 g/mol. The highest BCUT2D eigenvalue weighted by Crippen LogP contribution is 2.49. The van der Waals surface area contributed by atoms with Gasteiger partial charge in [0.25, 0.3) is 0 Å². The maximum atomic E-state index is 5.74. The molecule has 4 fully saturated rings. The summed E-state index contributed by atoms with van der Waals surface area (Å²) in [5.74, 6) is 3.54. The zero-order valence-corrected chi connectivity index (χ0v) is 11.0. The Hall–Kier alpha value is -0.0800. The van der Waals surface area contributed by atoms with E-state index in [1.807, 2.05) is 0 Å². The van der Waals surface area contributed by atoms with E-state index in [1.165, 1.54) is 32.1 Å². The average Bonchev–Trinajstić information content (AvgIpc) is 3.12. The molecule has 8 atom stereocenters. The minimum absolute atomic E-state index is 0.631. The second-order valence-corrected chi connectivity index (χ2v) is 7.11. The minimum Gasteiger partial charge on any atom is -0.370 e. The minimum atomic E-state index is 0.631. The smallest absolute Gasteiger partial charge is 0.0867 e. The van der Waals surface area contributed by atoms with Crippen molar-refractivity contribution in [1.29, 1.82) is 0 Å². The van der Waals surface area contributed by atoms with Crippen molar-refractivity contribution in [1.82, 2.24) is 0 Å². The molecule has 17 heavy (non-hydrogen) atoms. The number of fused-ring (bicyclic) bond motifs is 2. The van der Waals surface area contributed by atoms with Gasteiger partial charge in [0.15, 0.2) is 0 Å². The molecule has 0 aromatic rings. The first-order chi connectivity index (χ1) is 8.20. The lowest BCUT2D eigenvalue weighted by molar-refractivity contribution is 0.196. The lowest BCUT2D eigenvalue weighted by Gasteiger charge is -2.32. The molecule has 0 spiro atoms. The Morgan fingerprint density at radius 2 is 1.65 bits per heavy atom. The van der Waals surface area contributed by atoms with E-state index in [0.29, 0.717) is 24.4 Å². The molecule has 4 aliphatic rings. The second-order valence-electron chi connectivity index (χ2n) is 7.11. The number of ether oxygens (including phenoxy) is 2. The lowest BCUT2D eigenvalue weighted by atomic mass is 9.71. The molecule has 8 unspecified atom stereocenters. The molecule has 0 aromatic heterocycles. The van der Waals surface area contributed by atoms with Crippen molar-refractivity contribution in [2.75, 3.05) is 0 Å². The zero-order chi connectivity index (χ0) is 11.6. The predicted octanol–water partition coefficient (Wildman–Crippen LogP) is 3.00. The summed E-state index contributed by atoms with van der Waals surface area (Å²) < 4.78 is 11.4. The van der Waals surface area contributed by atoms with Crippen molar-refractivity contribution in [3.63, 3.8) is 0 Å². The third-order valence-electron chi connectivity index (χ3n) is 5.72. The fourth-order valence-corrected chi connectivity index (χ4v) is 4.56. The predicted molar refractivity (Wildman–Crippen MR) is 65.7 cm³/mol. The standard InChI is InChI=1S/C15H24O2/c1-8-4-12-13(16-12)7-11(8)5-10-3-9(2)15-14(6-10)17-15/h8-15H,3-7H2,1-2H3. The summed E-state index contributed by atoms with van der Waals surface area (Å²) in [5, 5.41) is 0. The Morgan fingerprint density at radius 1 is 0.824 bits per heavy atom. The van der Waals surface area contributed by atoms with Crippen LogP contribution in [0.2, 0.25) is 0 Å². The first-order valence-electron chi connectivity index (χ1n) is 7.51. The van der Waals surface area contributed by atoms with Crippen molar-refractivity contribution in [2.24, 2.45) is 23.7 Å². The highest BCUT2D eigenvalue weighted by atomic mass is 16.6. The largest absolute Gasteiger partial charge is 0.370 e. The van der Waals surface area contributed by atoms with Gasteiger partial charge in [0.05, 0.1) is 24.4 Å². The Labute approximate surface area is 104 Å². The SMILES string of the molecule is CC1CC2OC2CC1CC1CC(C)C2OC2C1. The van der Waals surface area contributed by atoms with Crippen LogP contribution < -0.4 is 0 Å². The molecule has 96 valence electrons. The van der Waals surface area contributed by atoms with Crippen LogP contribution in [0, 0.1) is 23.7 Å². The van der Waals surface area contributed by atoms with Crippen molar-refractivity contribution in [3.8, 4) is 0 Å². The van der Waals surface area contributed by atoms with Crippen LogP contribution in [0.15, 0.2) is 0 Å². The Kier molecular flexibility index (Phi) is 2.36. The van der Waals surface area contributed by atoms with Crippen LogP contribution >= 0.6 is 0 Å². The third-order valence-corrected chi connectivity index (χ3v) is 5.72. The topological polar surface area (TPSA) is 25.1 Å². The quantitative estimate of drug-likeness (QED) is 0.689. The van der Waals surface area contributed by atoms with Crippen LogP contribution in [-0.2, 0) is 9.47 Å². The van der Waals surface area contributed by atoms with E-state index in [-0.39, 0.29) is 0 Å². The molecule has 4 rings (SSSR count). The maximum absolute atomic E-state index is 5.74. The van der Waals surface area contributed by atoms with Gasteiger partial charge in [0.1, 0.15) is 0 Å². The monoisotopic (exact) mass is 236 g/mol. The molecule has 0 N–H and O–H groups in total. The number of epoxide rings is 2. The van der Waals surface area contributed by atoms with E-state index in [1.54, 1.807) is 0 Å².